The van der Waals surface area contributed by atoms with Crippen LogP contribution < -0.4 is 5.32 Å². The minimum absolute atomic E-state index is 0.00328. The molecule has 2 aromatic rings. The number of carboxylic acid groups (broad SMARTS) is 1. The largest absolute Gasteiger partial charge is 0.481 e. The zero-order valence-electron chi connectivity index (χ0n) is 32.0. The number of Topliss-reactive ketones (excluding diaryl/α,β-unsaturated/α-hetero) is 1. The Kier molecular flexibility index (Phi) is 13.6. The van der Waals surface area contributed by atoms with Crippen molar-refractivity contribution < 1.29 is 33.8 Å². The molecule has 5 rings (SSSR count). The van der Waals surface area contributed by atoms with E-state index >= 15 is 0 Å². The number of carboxylic acids is 1. The molecule has 288 valence electrons. The van der Waals surface area contributed by atoms with Gasteiger partial charge in [-0.15, -0.1) is 11.3 Å². The molecule has 2 N–H and O–H groups in total. The number of nitrogens with one attached hydrogen (secondary N) is 1. The molecule has 1 aliphatic heterocycles. The molecule has 2 heterocycles. The number of allylic oxidation sites excluding steroid dienone is 1. The van der Waals surface area contributed by atoms with Gasteiger partial charge in [0, 0.05) is 50.2 Å². The molecule has 3 aliphatic rings. The number of hydrogen-bond donors (Lipinski definition) is 2. The number of carbonyl (C=O) groups excluding carboxylic acids is 4. The fourth-order valence-corrected chi connectivity index (χ4v) is 8.78. The molecule has 0 bridgehead atoms. The van der Waals surface area contributed by atoms with Crippen LogP contribution in [0.1, 0.15) is 117 Å². The highest BCUT2D eigenvalue weighted by Crippen LogP contribution is 2.41. The van der Waals surface area contributed by atoms with Gasteiger partial charge in [0.25, 0.3) is 5.91 Å². The van der Waals surface area contributed by atoms with Crippen LogP contribution in [0.4, 0.5) is 0 Å². The van der Waals surface area contributed by atoms with E-state index in [4.69, 9.17) is 4.74 Å². The van der Waals surface area contributed by atoms with Gasteiger partial charge in [-0.3, -0.25) is 28.9 Å². The van der Waals surface area contributed by atoms with Crippen molar-refractivity contribution in [2.45, 2.75) is 116 Å². The third-order valence-electron chi connectivity index (χ3n) is 11.2. The summed E-state index contributed by atoms with van der Waals surface area (Å²) in [4.78, 5) is 73.9. The van der Waals surface area contributed by atoms with Crippen LogP contribution in [0.3, 0.4) is 0 Å². The Balaban J connectivity index is 1.29. The van der Waals surface area contributed by atoms with Crippen LogP contribution in [-0.2, 0) is 36.8 Å². The Morgan fingerprint density at radius 1 is 1.09 bits per heavy atom. The molecular weight excluding hydrogens is 693 g/mol. The summed E-state index contributed by atoms with van der Waals surface area (Å²) >= 11 is 1.21. The molecule has 1 saturated carbocycles. The summed E-state index contributed by atoms with van der Waals surface area (Å²) in [6, 6.07) is 5.26. The van der Waals surface area contributed by atoms with Gasteiger partial charge in [0.1, 0.15) is 10.7 Å². The Morgan fingerprint density at radius 3 is 2.51 bits per heavy atom. The van der Waals surface area contributed by atoms with Gasteiger partial charge in [-0.05, 0) is 87.1 Å². The highest BCUT2D eigenvalue weighted by Gasteiger charge is 2.42. The summed E-state index contributed by atoms with van der Waals surface area (Å²) < 4.78 is 5.80. The van der Waals surface area contributed by atoms with Crippen LogP contribution in [0.15, 0.2) is 29.7 Å². The number of ketones is 1. The second kappa shape index (κ2) is 18.0. The molecule has 2 amide bonds. The fraction of sp³-hybridized carbons (Fsp3) is 0.610. The molecule has 0 radical (unpaired) electrons. The van der Waals surface area contributed by atoms with Crippen molar-refractivity contribution in [2.75, 3.05) is 20.6 Å². The molecule has 1 saturated heterocycles. The van der Waals surface area contributed by atoms with E-state index in [1.54, 1.807) is 24.3 Å². The number of aromatic nitrogens is 1. The molecule has 53 heavy (non-hydrogen) atoms. The third kappa shape index (κ3) is 10.6. The van der Waals surface area contributed by atoms with Crippen molar-refractivity contribution in [1.29, 1.82) is 0 Å². The lowest BCUT2D eigenvalue weighted by Gasteiger charge is -2.36. The monoisotopic (exact) mass is 748 g/mol. The number of fused-ring (bicyclic) bond motifs is 1. The second-order valence-corrected chi connectivity index (χ2v) is 16.7. The van der Waals surface area contributed by atoms with Crippen LogP contribution in [-0.4, -0.2) is 88.2 Å². The SMILES string of the molecule is CC(=O)O[C@H](C[C@H](C(C)C)N(C)C(=O)[C@@H](CC(=O)[C@H]1CCCCN1C)C1CC1)c1nc(C(=O)N[C@@H](Cc2ccc3c(c2)C=CC3)C[C@H](C)C(=O)O)cs1. The molecule has 2 fully saturated rings. The number of carbonyl (C=O) groups is 5. The summed E-state index contributed by atoms with van der Waals surface area (Å²) in [5.41, 5.74) is 3.52. The smallest absolute Gasteiger partial charge is 0.306 e. The van der Waals surface area contributed by atoms with Gasteiger partial charge in [-0.2, -0.15) is 0 Å². The maximum Gasteiger partial charge on any atom is 0.306 e. The Hall–Kier alpha value is -3.90. The van der Waals surface area contributed by atoms with E-state index in [0.29, 0.717) is 11.4 Å². The second-order valence-electron chi connectivity index (χ2n) is 15.8. The molecule has 1 aromatic carbocycles. The number of esters is 1. The van der Waals surface area contributed by atoms with E-state index < -0.39 is 35.9 Å². The standard InChI is InChI=1S/C41H56N4O7S/c1-24(2)35(45(6)40(49)32(29-15-16-29)21-36(47)34-12-7-8-17-44(34)5)22-37(52-26(4)46)39-43-33(23-53-39)38(48)42-31(18-25(3)41(50)51)20-27-13-14-28-10-9-11-30(28)19-27/h9,11,13-14,19,23-25,29,31-32,34-35,37H,7-8,10,12,15-18,20-22H2,1-6H3,(H,42,48)(H,50,51)/t25-,31+,32-,34+,35+,37+/m0/s1. The number of nitrogens with zero attached hydrogens (tertiary/aromatic N) is 3. The van der Waals surface area contributed by atoms with Gasteiger partial charge in [0.15, 0.2) is 11.9 Å². The van der Waals surface area contributed by atoms with Crippen LogP contribution in [0.2, 0.25) is 0 Å². The van der Waals surface area contributed by atoms with Crippen molar-refractivity contribution in [2.24, 2.45) is 23.7 Å². The number of amides is 2. The molecule has 12 heteroatoms. The van der Waals surface area contributed by atoms with Crippen LogP contribution in [0, 0.1) is 23.7 Å². The molecule has 6 atom stereocenters. The number of hydrogen-bond acceptors (Lipinski definition) is 9. The lowest BCUT2D eigenvalue weighted by atomic mass is 9.88. The first-order chi connectivity index (χ1) is 25.2. The first kappa shape index (κ1) is 40.3. The van der Waals surface area contributed by atoms with Gasteiger partial charge < -0.3 is 20.1 Å². The molecule has 2 aliphatic carbocycles. The number of benzene rings is 1. The van der Waals surface area contributed by atoms with Crippen molar-refractivity contribution >= 4 is 46.9 Å². The zero-order chi connectivity index (χ0) is 38.4. The zero-order valence-corrected chi connectivity index (χ0v) is 32.8. The lowest BCUT2D eigenvalue weighted by Crippen LogP contribution is -2.47. The molecular formula is C41H56N4O7S. The maximum atomic E-state index is 14.2. The van der Waals surface area contributed by atoms with E-state index in [0.717, 1.165) is 56.2 Å². The predicted octanol–water partition coefficient (Wildman–Crippen LogP) is 6.11. The third-order valence-corrected chi connectivity index (χ3v) is 12.1. The Bertz CT molecular complexity index is 1680. The maximum absolute atomic E-state index is 14.2. The van der Waals surface area contributed by atoms with E-state index in [1.807, 2.05) is 27.0 Å². The molecule has 1 aromatic heterocycles. The number of aliphatic carboxylic acids is 1. The van der Waals surface area contributed by atoms with Crippen LogP contribution in [0.25, 0.3) is 6.08 Å². The number of thiazole rings is 1. The quantitative estimate of drug-likeness (QED) is 0.173. The van der Waals surface area contributed by atoms with Gasteiger partial charge in [0.05, 0.1) is 12.0 Å². The first-order valence-corrected chi connectivity index (χ1v) is 20.0. The number of piperidine rings is 1. The van der Waals surface area contributed by atoms with E-state index in [2.05, 4.69) is 39.5 Å². The van der Waals surface area contributed by atoms with Gasteiger partial charge in [-0.1, -0.05) is 57.5 Å². The van der Waals surface area contributed by atoms with Crippen molar-refractivity contribution in [3.8, 4) is 0 Å². The van der Waals surface area contributed by atoms with Crippen LogP contribution in [0.5, 0.6) is 0 Å². The van der Waals surface area contributed by atoms with Gasteiger partial charge >= 0.3 is 11.9 Å². The lowest BCUT2D eigenvalue weighted by molar-refractivity contribution is -0.149. The highest BCUT2D eigenvalue weighted by molar-refractivity contribution is 7.09. The summed E-state index contributed by atoms with van der Waals surface area (Å²) in [6.45, 7) is 7.88. The van der Waals surface area contributed by atoms with Gasteiger partial charge in [0.2, 0.25) is 5.91 Å². The topological polar surface area (TPSA) is 146 Å². The number of rotatable bonds is 18. The van der Waals surface area contributed by atoms with Crippen molar-refractivity contribution in [1.82, 2.24) is 20.1 Å². The average Bonchev–Trinajstić information content (AvgIpc) is 3.62. The fourth-order valence-electron chi connectivity index (χ4n) is 7.94. The number of likely N-dealkylation sites (N-methyl/N-ethyl adjacent to an activating group) is 1. The van der Waals surface area contributed by atoms with Crippen LogP contribution >= 0.6 is 11.3 Å². The Labute approximate surface area is 317 Å². The Morgan fingerprint density at radius 2 is 1.85 bits per heavy atom. The number of likely N-dealkylation sites (tertiary alicyclic amines) is 1. The van der Waals surface area contributed by atoms with Crippen molar-refractivity contribution in [3.05, 3.63) is 57.0 Å². The minimum atomic E-state index is -0.934. The van der Waals surface area contributed by atoms with E-state index in [-0.39, 0.29) is 66.5 Å². The summed E-state index contributed by atoms with van der Waals surface area (Å²) in [7, 11) is 3.77. The average molecular weight is 749 g/mol. The molecule has 0 spiro atoms. The van der Waals surface area contributed by atoms with E-state index in [1.165, 1.54) is 23.8 Å². The summed E-state index contributed by atoms with van der Waals surface area (Å²) in [6.07, 6.45) is 10.3. The summed E-state index contributed by atoms with van der Waals surface area (Å²) in [5.74, 6) is -2.65. The summed E-state index contributed by atoms with van der Waals surface area (Å²) in [5, 5.41) is 14.7. The molecule has 0 unspecified atom stereocenters. The van der Waals surface area contributed by atoms with Crippen molar-refractivity contribution in [3.63, 3.8) is 0 Å². The first-order valence-electron chi connectivity index (χ1n) is 19.2. The molecule has 11 nitrogen and oxygen atoms in total. The predicted molar refractivity (Wildman–Crippen MR) is 204 cm³/mol. The normalized spacial score (nSPS) is 19.9. The van der Waals surface area contributed by atoms with Gasteiger partial charge in [-0.25, -0.2) is 4.98 Å². The minimum Gasteiger partial charge on any atom is -0.481 e. The highest BCUT2D eigenvalue weighted by atomic mass is 32.1. The number of ether oxygens (including phenoxy) is 1. The van der Waals surface area contributed by atoms with E-state index in [9.17, 15) is 29.1 Å².